The number of aliphatic hydroxyl groups excluding tert-OH is 1. The molecule has 4 rings (SSSR count). The summed E-state index contributed by atoms with van der Waals surface area (Å²) in [6, 6.07) is 2.08. The van der Waals surface area contributed by atoms with E-state index < -0.39 is 6.61 Å². The van der Waals surface area contributed by atoms with Gasteiger partial charge in [0.25, 0.3) is 5.91 Å². The third-order valence-corrected chi connectivity index (χ3v) is 7.37. The number of allylic oxidation sites excluding steroid dienone is 2. The van der Waals surface area contributed by atoms with Crippen LogP contribution in [0.2, 0.25) is 0 Å². The average Bonchev–Trinajstić information content (AvgIpc) is 3.22. The number of amides is 2. The Hall–Kier alpha value is -1.66. The summed E-state index contributed by atoms with van der Waals surface area (Å²) in [7, 11) is 0. The van der Waals surface area contributed by atoms with Crippen molar-refractivity contribution in [3.8, 4) is 0 Å². The number of aliphatic hydroxyl groups is 1. The van der Waals surface area contributed by atoms with Crippen molar-refractivity contribution < 1.29 is 14.7 Å². The molecule has 2 amide bonds. The van der Waals surface area contributed by atoms with Crippen molar-refractivity contribution in [3.63, 3.8) is 0 Å². The van der Waals surface area contributed by atoms with Crippen LogP contribution in [0, 0.1) is 5.92 Å². The zero-order valence-electron chi connectivity index (χ0n) is 15.7. The molecule has 1 N–H and O–H groups in total. The monoisotopic (exact) mass is 388 g/mol. The van der Waals surface area contributed by atoms with Crippen LogP contribution in [0.25, 0.3) is 0 Å². The number of fused-ring (bicyclic) bond motifs is 1. The van der Waals surface area contributed by atoms with Gasteiger partial charge in [-0.3, -0.25) is 9.59 Å². The van der Waals surface area contributed by atoms with Crippen molar-refractivity contribution in [3.05, 3.63) is 33.7 Å². The summed E-state index contributed by atoms with van der Waals surface area (Å²) in [5.74, 6) is 0.949. The van der Waals surface area contributed by atoms with Gasteiger partial charge in [-0.2, -0.15) is 0 Å². The summed E-state index contributed by atoms with van der Waals surface area (Å²) in [4.78, 5) is 29.8. The van der Waals surface area contributed by atoms with E-state index in [1.807, 2.05) is 10.3 Å². The molecule has 0 radical (unpaired) electrons. The van der Waals surface area contributed by atoms with Crippen molar-refractivity contribution >= 4 is 23.2 Å². The lowest BCUT2D eigenvalue weighted by molar-refractivity contribution is -0.135. The van der Waals surface area contributed by atoms with Gasteiger partial charge in [0.05, 0.1) is 5.56 Å². The fraction of sp³-hybridized carbons (Fsp3) is 0.619. The van der Waals surface area contributed by atoms with Gasteiger partial charge < -0.3 is 14.9 Å². The van der Waals surface area contributed by atoms with E-state index in [0.29, 0.717) is 24.9 Å². The Balaban J connectivity index is 1.43. The second kappa shape index (κ2) is 8.15. The van der Waals surface area contributed by atoms with Crippen LogP contribution in [0.5, 0.6) is 0 Å². The van der Waals surface area contributed by atoms with Crippen molar-refractivity contribution in [2.75, 3.05) is 26.2 Å². The summed E-state index contributed by atoms with van der Waals surface area (Å²) in [5, 5.41) is 11.0. The number of likely N-dealkylation sites (tertiary alicyclic amines) is 2. The minimum absolute atomic E-state index is 0.156. The summed E-state index contributed by atoms with van der Waals surface area (Å²) < 4.78 is 0. The number of hydrogen-bond acceptors (Lipinski definition) is 4. The molecule has 3 heterocycles. The normalized spacial score (nSPS) is 23.7. The van der Waals surface area contributed by atoms with Gasteiger partial charge in [0.1, 0.15) is 6.61 Å². The maximum absolute atomic E-state index is 13.1. The van der Waals surface area contributed by atoms with Crippen LogP contribution in [0.3, 0.4) is 0 Å². The minimum Gasteiger partial charge on any atom is -0.387 e. The first-order valence-electron chi connectivity index (χ1n) is 10.2. The smallest absolute Gasteiger partial charge is 0.258 e. The number of carbonyl (C=O) groups excluding carboxylic acids is 2. The van der Waals surface area contributed by atoms with Crippen LogP contribution in [-0.2, 0) is 4.79 Å². The highest BCUT2D eigenvalue weighted by atomic mass is 32.1. The van der Waals surface area contributed by atoms with E-state index in [-0.39, 0.29) is 11.8 Å². The van der Waals surface area contributed by atoms with Crippen LogP contribution < -0.4 is 0 Å². The third kappa shape index (κ3) is 3.83. The van der Waals surface area contributed by atoms with Gasteiger partial charge in [-0.1, -0.05) is 6.08 Å². The highest BCUT2D eigenvalue weighted by molar-refractivity contribution is 7.10. The lowest BCUT2D eigenvalue weighted by Gasteiger charge is -2.37. The number of hydrogen-bond donors (Lipinski definition) is 1. The molecule has 2 fully saturated rings. The van der Waals surface area contributed by atoms with E-state index in [2.05, 4.69) is 12.1 Å². The zero-order valence-corrected chi connectivity index (χ0v) is 16.5. The van der Waals surface area contributed by atoms with E-state index in [4.69, 9.17) is 5.11 Å². The van der Waals surface area contributed by atoms with Gasteiger partial charge in [-0.25, -0.2) is 0 Å². The highest BCUT2D eigenvalue weighted by Gasteiger charge is 2.32. The van der Waals surface area contributed by atoms with Crippen LogP contribution in [0.1, 0.15) is 66.1 Å². The molecule has 1 aromatic heterocycles. The van der Waals surface area contributed by atoms with Crippen molar-refractivity contribution in [1.82, 2.24) is 9.80 Å². The topological polar surface area (TPSA) is 60.9 Å². The Bertz CT molecular complexity index is 734. The molecular weight excluding hydrogens is 360 g/mol. The Morgan fingerprint density at radius 3 is 2.63 bits per heavy atom. The maximum atomic E-state index is 13.1. The molecule has 1 aromatic rings. The number of nitrogens with zero attached hydrogens (tertiary/aromatic N) is 2. The average molecular weight is 389 g/mol. The minimum atomic E-state index is -0.408. The van der Waals surface area contributed by atoms with Gasteiger partial charge in [0, 0.05) is 35.6 Å². The number of carbonyl (C=O) groups is 2. The van der Waals surface area contributed by atoms with Gasteiger partial charge in [-0.05, 0) is 62.8 Å². The first kappa shape index (κ1) is 18.7. The third-order valence-electron chi connectivity index (χ3n) is 6.27. The quantitative estimate of drug-likeness (QED) is 0.864. The van der Waals surface area contributed by atoms with Crippen molar-refractivity contribution in [2.45, 2.75) is 50.9 Å². The molecule has 27 heavy (non-hydrogen) atoms. The fourth-order valence-corrected chi connectivity index (χ4v) is 5.80. The predicted octanol–water partition coefficient (Wildman–Crippen LogP) is 3.37. The highest BCUT2D eigenvalue weighted by Crippen LogP contribution is 2.37. The molecule has 3 aliphatic rings. The van der Waals surface area contributed by atoms with Crippen LogP contribution in [0.4, 0.5) is 0 Å². The van der Waals surface area contributed by atoms with E-state index in [1.165, 1.54) is 29.8 Å². The summed E-state index contributed by atoms with van der Waals surface area (Å²) >= 11 is 1.67. The molecule has 0 bridgehead atoms. The van der Waals surface area contributed by atoms with E-state index >= 15 is 0 Å². The van der Waals surface area contributed by atoms with Crippen molar-refractivity contribution in [1.29, 1.82) is 0 Å². The van der Waals surface area contributed by atoms with E-state index in [0.717, 1.165) is 37.8 Å². The van der Waals surface area contributed by atoms with Gasteiger partial charge in [-0.15, -0.1) is 11.3 Å². The van der Waals surface area contributed by atoms with Gasteiger partial charge in [0.15, 0.2) is 0 Å². The van der Waals surface area contributed by atoms with Crippen molar-refractivity contribution in [2.24, 2.45) is 5.92 Å². The Labute approximate surface area is 164 Å². The number of thiophene rings is 1. The number of piperidine rings is 2. The standard InChI is InChI=1S/C21H28N2O3S/c24-13-20(25)22-10-7-16(8-11-22)19-12-17(14-27-19)21(26)23-9-3-5-15-4-1-2-6-18(15)23/h6,12,14-16,24H,1-5,7-11,13H2. The summed E-state index contributed by atoms with van der Waals surface area (Å²) in [6.45, 7) is 1.81. The molecule has 0 aromatic carbocycles. The Morgan fingerprint density at radius 1 is 1.07 bits per heavy atom. The molecule has 1 unspecified atom stereocenters. The van der Waals surface area contributed by atoms with Crippen LogP contribution in [0.15, 0.2) is 23.2 Å². The second-order valence-corrected chi connectivity index (χ2v) is 8.85. The molecular formula is C21H28N2O3S. The van der Waals surface area contributed by atoms with Crippen LogP contribution >= 0.6 is 11.3 Å². The molecule has 6 heteroatoms. The zero-order chi connectivity index (χ0) is 18.8. The Kier molecular flexibility index (Phi) is 5.64. The maximum Gasteiger partial charge on any atom is 0.258 e. The molecule has 2 aliphatic heterocycles. The first-order valence-corrected chi connectivity index (χ1v) is 11.0. The fourth-order valence-electron chi connectivity index (χ4n) is 4.74. The lowest BCUT2D eigenvalue weighted by atomic mass is 9.84. The van der Waals surface area contributed by atoms with Gasteiger partial charge in [0.2, 0.25) is 5.91 Å². The van der Waals surface area contributed by atoms with Gasteiger partial charge >= 0.3 is 0 Å². The predicted molar refractivity (Wildman–Crippen MR) is 106 cm³/mol. The molecule has 0 spiro atoms. The molecule has 146 valence electrons. The molecule has 0 saturated carbocycles. The molecule has 1 aliphatic carbocycles. The first-order chi connectivity index (χ1) is 13.2. The lowest BCUT2D eigenvalue weighted by Crippen LogP contribution is -2.39. The second-order valence-electron chi connectivity index (χ2n) is 7.91. The molecule has 1 atom stereocenters. The number of rotatable bonds is 3. The molecule has 2 saturated heterocycles. The SMILES string of the molecule is O=C(CO)N1CCC(c2cc(C(=O)N3CCCC4CCCC=C43)cs2)CC1. The van der Waals surface area contributed by atoms with E-state index in [1.54, 1.807) is 16.2 Å². The largest absolute Gasteiger partial charge is 0.387 e. The Morgan fingerprint density at radius 2 is 1.85 bits per heavy atom. The molecule has 5 nitrogen and oxygen atoms in total. The summed E-state index contributed by atoms with van der Waals surface area (Å²) in [6.07, 6.45) is 9.96. The van der Waals surface area contributed by atoms with Crippen LogP contribution in [-0.4, -0.2) is 53.0 Å². The summed E-state index contributed by atoms with van der Waals surface area (Å²) in [5.41, 5.74) is 2.08. The van der Waals surface area contributed by atoms with E-state index in [9.17, 15) is 9.59 Å².